The molecule has 0 radical (unpaired) electrons. The molecule has 0 aromatic heterocycles. The number of unbranched alkanes of at least 4 members (excludes halogenated alkanes) is 1. The molecule has 0 bridgehead atoms. The van der Waals surface area contributed by atoms with Crippen molar-refractivity contribution in [3.63, 3.8) is 0 Å². The summed E-state index contributed by atoms with van der Waals surface area (Å²) in [6.45, 7) is 0.263. The number of hydrogen-bond donors (Lipinski definition) is 2. The molecular formula is C24H31NO4. The third kappa shape index (κ3) is 3.47. The van der Waals surface area contributed by atoms with Gasteiger partial charge >= 0.3 is 0 Å². The van der Waals surface area contributed by atoms with Gasteiger partial charge in [0.1, 0.15) is 5.75 Å². The molecule has 1 aliphatic carbocycles. The highest BCUT2D eigenvalue weighted by Crippen LogP contribution is 2.55. The summed E-state index contributed by atoms with van der Waals surface area (Å²) in [7, 11) is 5.08. The number of nitrogens with one attached hydrogen (secondary N) is 1. The highest BCUT2D eigenvalue weighted by molar-refractivity contribution is 5.55. The van der Waals surface area contributed by atoms with Gasteiger partial charge in [-0.3, -0.25) is 0 Å². The van der Waals surface area contributed by atoms with Crippen LogP contribution in [0.25, 0.3) is 0 Å². The summed E-state index contributed by atoms with van der Waals surface area (Å²) in [6.07, 6.45) is 4.99. The molecule has 156 valence electrons. The minimum absolute atomic E-state index is 0.129. The monoisotopic (exact) mass is 397 g/mol. The van der Waals surface area contributed by atoms with Crippen LogP contribution in [0.1, 0.15) is 48.3 Å². The molecule has 1 heterocycles. The van der Waals surface area contributed by atoms with Gasteiger partial charge in [-0.25, -0.2) is 0 Å². The average Bonchev–Trinajstić information content (AvgIpc) is 3.26. The van der Waals surface area contributed by atoms with Gasteiger partial charge in [0.25, 0.3) is 0 Å². The number of fused-ring (bicyclic) bond motifs is 3. The molecule has 0 saturated carbocycles. The zero-order chi connectivity index (χ0) is 20.4. The first-order valence-electron chi connectivity index (χ1n) is 10.4. The Morgan fingerprint density at radius 2 is 1.72 bits per heavy atom. The number of benzene rings is 2. The van der Waals surface area contributed by atoms with Gasteiger partial charge < -0.3 is 24.6 Å². The first-order valence-corrected chi connectivity index (χ1v) is 10.4. The number of hydrogen-bond acceptors (Lipinski definition) is 5. The predicted molar refractivity (Wildman–Crippen MR) is 113 cm³/mol. The summed E-state index contributed by atoms with van der Waals surface area (Å²) >= 11 is 0. The third-order valence-electron chi connectivity index (χ3n) is 6.63. The lowest BCUT2D eigenvalue weighted by atomic mass is 9.80. The molecule has 5 nitrogen and oxygen atoms in total. The third-order valence-corrected chi connectivity index (χ3v) is 6.63. The van der Waals surface area contributed by atoms with Crippen LogP contribution in [0, 0.1) is 0 Å². The number of aliphatic hydroxyl groups excluding tert-OH is 1. The van der Waals surface area contributed by atoms with E-state index in [2.05, 4.69) is 29.6 Å². The van der Waals surface area contributed by atoms with Crippen LogP contribution in [-0.4, -0.2) is 39.1 Å². The fourth-order valence-corrected chi connectivity index (χ4v) is 5.26. The van der Waals surface area contributed by atoms with E-state index >= 15 is 0 Å². The van der Waals surface area contributed by atoms with E-state index in [0.29, 0.717) is 12.0 Å². The van der Waals surface area contributed by atoms with E-state index in [4.69, 9.17) is 19.3 Å². The first kappa shape index (κ1) is 20.0. The maximum atomic E-state index is 9.16. The lowest BCUT2D eigenvalue weighted by Gasteiger charge is -2.32. The Kier molecular flexibility index (Phi) is 5.70. The number of rotatable bonds is 8. The lowest BCUT2D eigenvalue weighted by Crippen LogP contribution is -2.42. The number of methoxy groups -OCH3 is 3. The molecule has 2 aliphatic rings. The van der Waals surface area contributed by atoms with Gasteiger partial charge in [-0.05, 0) is 73.1 Å². The van der Waals surface area contributed by atoms with E-state index in [0.717, 1.165) is 49.4 Å². The Bertz CT molecular complexity index is 851. The summed E-state index contributed by atoms with van der Waals surface area (Å²) in [5.41, 5.74) is 3.85. The van der Waals surface area contributed by atoms with Crippen LogP contribution >= 0.6 is 0 Å². The van der Waals surface area contributed by atoms with Crippen molar-refractivity contribution in [1.29, 1.82) is 0 Å². The van der Waals surface area contributed by atoms with Crippen LogP contribution < -0.4 is 19.5 Å². The summed E-state index contributed by atoms with van der Waals surface area (Å²) in [5.74, 6) is 2.83. The normalized spacial score (nSPS) is 24.8. The van der Waals surface area contributed by atoms with E-state index in [-0.39, 0.29) is 12.1 Å². The van der Waals surface area contributed by atoms with Gasteiger partial charge in [0.2, 0.25) is 0 Å². The highest BCUT2D eigenvalue weighted by atomic mass is 16.5. The molecule has 1 aliphatic heterocycles. The molecule has 2 aromatic rings. The van der Waals surface area contributed by atoms with Crippen molar-refractivity contribution in [1.82, 2.24) is 5.32 Å². The second kappa shape index (κ2) is 8.25. The summed E-state index contributed by atoms with van der Waals surface area (Å²) in [5, 5.41) is 13.2. The molecule has 2 N–H and O–H groups in total. The Morgan fingerprint density at radius 3 is 2.38 bits per heavy atom. The van der Waals surface area contributed by atoms with Crippen molar-refractivity contribution < 1.29 is 19.3 Å². The van der Waals surface area contributed by atoms with Gasteiger partial charge in [0.15, 0.2) is 11.5 Å². The summed E-state index contributed by atoms with van der Waals surface area (Å²) < 4.78 is 16.5. The van der Waals surface area contributed by atoms with Crippen LogP contribution in [0.15, 0.2) is 36.4 Å². The van der Waals surface area contributed by atoms with Gasteiger partial charge in [-0.2, -0.15) is 0 Å². The molecule has 0 amide bonds. The molecule has 29 heavy (non-hydrogen) atoms. The van der Waals surface area contributed by atoms with Crippen LogP contribution in [0.2, 0.25) is 0 Å². The van der Waals surface area contributed by atoms with Crippen molar-refractivity contribution >= 4 is 0 Å². The Balaban J connectivity index is 1.72. The van der Waals surface area contributed by atoms with Gasteiger partial charge in [0.05, 0.1) is 26.9 Å². The van der Waals surface area contributed by atoms with Crippen LogP contribution in [0.4, 0.5) is 0 Å². The molecule has 3 atom stereocenters. The van der Waals surface area contributed by atoms with Gasteiger partial charge in [-0.15, -0.1) is 0 Å². The predicted octanol–water partition coefficient (Wildman–Crippen LogP) is 3.77. The number of aliphatic hydroxyl groups is 1. The fourth-order valence-electron chi connectivity index (χ4n) is 5.26. The Morgan fingerprint density at radius 1 is 1.00 bits per heavy atom. The van der Waals surface area contributed by atoms with E-state index in [1.54, 1.807) is 21.3 Å². The summed E-state index contributed by atoms with van der Waals surface area (Å²) in [6, 6.07) is 13.2. The molecule has 0 spiro atoms. The number of ether oxygens (including phenoxy) is 3. The minimum Gasteiger partial charge on any atom is -0.497 e. The van der Waals surface area contributed by atoms with Gasteiger partial charge in [0, 0.05) is 18.6 Å². The SMILES string of the molecule is COc1ccc([C@]23Cc4cc(OC)c(OC)cc4[C@@H]2C[C@H](CCCCO)N3)cc1. The lowest BCUT2D eigenvalue weighted by molar-refractivity contribution is 0.278. The fraction of sp³-hybridized carbons (Fsp3) is 0.500. The van der Waals surface area contributed by atoms with E-state index in [9.17, 15) is 0 Å². The molecular weight excluding hydrogens is 366 g/mol. The molecule has 1 saturated heterocycles. The molecule has 2 aromatic carbocycles. The molecule has 0 unspecified atom stereocenters. The van der Waals surface area contributed by atoms with E-state index < -0.39 is 0 Å². The second-order valence-corrected chi connectivity index (χ2v) is 8.13. The topological polar surface area (TPSA) is 60.0 Å². The van der Waals surface area contributed by atoms with Crippen LogP contribution in [0.5, 0.6) is 17.2 Å². The zero-order valence-electron chi connectivity index (χ0n) is 17.5. The molecule has 1 fully saturated rings. The quantitative estimate of drug-likeness (QED) is 0.664. The largest absolute Gasteiger partial charge is 0.497 e. The molecule has 4 rings (SSSR count). The van der Waals surface area contributed by atoms with Crippen molar-refractivity contribution in [2.45, 2.75) is 49.6 Å². The van der Waals surface area contributed by atoms with E-state index in [1.807, 2.05) is 12.1 Å². The first-order chi connectivity index (χ1) is 14.1. The van der Waals surface area contributed by atoms with Crippen molar-refractivity contribution in [3.05, 3.63) is 53.1 Å². The zero-order valence-corrected chi connectivity index (χ0v) is 17.5. The molecule has 5 heteroatoms. The maximum absolute atomic E-state index is 9.16. The highest BCUT2D eigenvalue weighted by Gasteiger charge is 2.53. The minimum atomic E-state index is -0.129. The summed E-state index contributed by atoms with van der Waals surface area (Å²) in [4.78, 5) is 0. The van der Waals surface area contributed by atoms with Crippen LogP contribution in [0.3, 0.4) is 0 Å². The van der Waals surface area contributed by atoms with Crippen molar-refractivity contribution in [2.24, 2.45) is 0 Å². The average molecular weight is 398 g/mol. The van der Waals surface area contributed by atoms with E-state index in [1.165, 1.54) is 16.7 Å². The standard InChI is InChI=1S/C24H31NO4/c1-27-19-9-7-17(8-10-19)24-15-16-12-22(28-2)23(29-3)14-20(16)21(24)13-18(25-24)6-4-5-11-26/h7-10,12,14,18,21,25-26H,4-6,11,13,15H2,1-3H3/t18-,21-,24+/m0/s1. The second-order valence-electron chi connectivity index (χ2n) is 8.13. The maximum Gasteiger partial charge on any atom is 0.161 e. The Hall–Kier alpha value is -2.24. The van der Waals surface area contributed by atoms with Crippen molar-refractivity contribution in [2.75, 3.05) is 27.9 Å². The smallest absolute Gasteiger partial charge is 0.161 e. The van der Waals surface area contributed by atoms with Gasteiger partial charge in [-0.1, -0.05) is 12.1 Å². The van der Waals surface area contributed by atoms with Crippen molar-refractivity contribution in [3.8, 4) is 17.2 Å². The Labute approximate surface area is 173 Å². The van der Waals surface area contributed by atoms with Crippen LogP contribution in [-0.2, 0) is 12.0 Å².